The van der Waals surface area contributed by atoms with Crippen LogP contribution in [-0.2, 0) is 0 Å². The Labute approximate surface area is 103 Å². The number of aromatic carboxylic acids is 1. The predicted molar refractivity (Wildman–Crippen MR) is 65.8 cm³/mol. The van der Waals surface area contributed by atoms with Crippen LogP contribution in [0.2, 0.25) is 0 Å². The van der Waals surface area contributed by atoms with Gasteiger partial charge in [0.15, 0.2) is 0 Å². The monoisotopic (exact) mass is 251 g/mol. The first kappa shape index (κ1) is 13.6. The molecule has 0 fully saturated rings. The van der Waals surface area contributed by atoms with E-state index in [9.17, 15) is 14.9 Å². The predicted octanol–water partition coefficient (Wildman–Crippen LogP) is 2.07. The fourth-order valence-corrected chi connectivity index (χ4v) is 1.20. The van der Waals surface area contributed by atoms with Crippen LogP contribution >= 0.6 is 0 Å². The molecule has 0 atom stereocenters. The van der Waals surface area contributed by atoms with Crippen molar-refractivity contribution in [2.45, 2.75) is 13.8 Å². The van der Waals surface area contributed by atoms with Crippen molar-refractivity contribution in [1.29, 1.82) is 0 Å². The molecule has 1 heterocycles. The van der Waals surface area contributed by atoms with Gasteiger partial charge >= 0.3 is 11.7 Å². The summed E-state index contributed by atoms with van der Waals surface area (Å²) in [5, 5.41) is 22.3. The van der Waals surface area contributed by atoms with Crippen molar-refractivity contribution in [3.63, 3.8) is 0 Å². The number of nitrogens with zero attached hydrogens (tertiary/aromatic N) is 2. The van der Waals surface area contributed by atoms with E-state index >= 15 is 0 Å². The van der Waals surface area contributed by atoms with E-state index in [0.29, 0.717) is 6.54 Å². The number of nitrogens with one attached hydrogen (secondary N) is 1. The number of carboxylic acid groups (broad SMARTS) is 1. The average Bonchev–Trinajstić information content (AvgIpc) is 2.28. The van der Waals surface area contributed by atoms with E-state index in [4.69, 9.17) is 5.11 Å². The molecule has 1 aromatic rings. The molecule has 0 aliphatic carbocycles. The van der Waals surface area contributed by atoms with Gasteiger partial charge in [-0.25, -0.2) is 9.78 Å². The summed E-state index contributed by atoms with van der Waals surface area (Å²) in [6.07, 6.45) is 2.93. The quantitative estimate of drug-likeness (QED) is 0.471. The molecule has 1 rings (SSSR count). The molecular formula is C11H13N3O4. The van der Waals surface area contributed by atoms with Gasteiger partial charge in [0.25, 0.3) is 0 Å². The van der Waals surface area contributed by atoms with Crippen molar-refractivity contribution >= 4 is 17.5 Å². The Hall–Kier alpha value is -2.44. The molecule has 0 spiro atoms. The summed E-state index contributed by atoms with van der Waals surface area (Å²) >= 11 is 0. The van der Waals surface area contributed by atoms with Gasteiger partial charge in [0.2, 0.25) is 5.82 Å². The van der Waals surface area contributed by atoms with E-state index in [0.717, 1.165) is 17.8 Å². The molecule has 2 N–H and O–H groups in total. The van der Waals surface area contributed by atoms with Crippen LogP contribution in [0.15, 0.2) is 23.9 Å². The second kappa shape index (κ2) is 5.76. The molecule has 0 aromatic carbocycles. The molecule has 0 aliphatic rings. The number of hydrogen-bond acceptors (Lipinski definition) is 5. The van der Waals surface area contributed by atoms with E-state index in [1.54, 1.807) is 0 Å². The lowest BCUT2D eigenvalue weighted by molar-refractivity contribution is -0.384. The van der Waals surface area contributed by atoms with E-state index in [2.05, 4.69) is 10.3 Å². The van der Waals surface area contributed by atoms with E-state index in [1.807, 2.05) is 19.9 Å². The third-order valence-electron chi connectivity index (χ3n) is 2.09. The summed E-state index contributed by atoms with van der Waals surface area (Å²) in [4.78, 5) is 24.6. The molecule has 0 aliphatic heterocycles. The number of aromatic nitrogens is 1. The minimum Gasteiger partial charge on any atom is -0.478 e. The lowest BCUT2D eigenvalue weighted by Crippen LogP contribution is -2.07. The highest BCUT2D eigenvalue weighted by atomic mass is 16.6. The van der Waals surface area contributed by atoms with Gasteiger partial charge in [-0.05, 0) is 13.8 Å². The standard InChI is InChI=1S/C11H13N3O4/c1-7(2)3-4-12-10-9(14(17)18)5-8(6-13-10)11(15)16/h3,5-6H,4H2,1-2H3,(H,12,13)(H,15,16). The summed E-state index contributed by atoms with van der Waals surface area (Å²) in [5.74, 6) is -1.19. The van der Waals surface area contributed by atoms with Crippen LogP contribution in [-0.4, -0.2) is 27.5 Å². The Morgan fingerprint density at radius 2 is 2.28 bits per heavy atom. The van der Waals surface area contributed by atoms with Crippen LogP contribution in [0.3, 0.4) is 0 Å². The first-order valence-corrected chi connectivity index (χ1v) is 5.16. The Balaban J connectivity index is 3.01. The zero-order valence-electron chi connectivity index (χ0n) is 10.0. The summed E-state index contributed by atoms with van der Waals surface area (Å²) < 4.78 is 0. The minimum atomic E-state index is -1.25. The maximum atomic E-state index is 10.8. The van der Waals surface area contributed by atoms with Gasteiger partial charge < -0.3 is 10.4 Å². The van der Waals surface area contributed by atoms with Gasteiger partial charge in [-0.3, -0.25) is 10.1 Å². The van der Waals surface area contributed by atoms with Gasteiger partial charge in [-0.15, -0.1) is 0 Å². The number of nitro groups is 1. The number of hydrogen-bond donors (Lipinski definition) is 2. The number of anilines is 1. The van der Waals surface area contributed by atoms with Gasteiger partial charge in [-0.2, -0.15) is 0 Å². The molecule has 0 saturated carbocycles. The topological polar surface area (TPSA) is 105 Å². The normalized spacial score (nSPS) is 9.67. The van der Waals surface area contributed by atoms with Crippen LogP contribution < -0.4 is 5.32 Å². The highest BCUT2D eigenvalue weighted by molar-refractivity contribution is 5.88. The highest BCUT2D eigenvalue weighted by Crippen LogP contribution is 2.22. The van der Waals surface area contributed by atoms with Crippen LogP contribution in [0, 0.1) is 10.1 Å². The summed E-state index contributed by atoms with van der Waals surface area (Å²) in [6.45, 7) is 4.19. The van der Waals surface area contributed by atoms with Gasteiger partial charge in [0.1, 0.15) is 0 Å². The zero-order valence-corrected chi connectivity index (χ0v) is 10.0. The molecule has 0 amide bonds. The third-order valence-corrected chi connectivity index (χ3v) is 2.09. The maximum Gasteiger partial charge on any atom is 0.337 e. The Bertz CT molecular complexity index is 507. The minimum absolute atomic E-state index is 0.0579. The van der Waals surface area contributed by atoms with Crippen molar-refractivity contribution in [1.82, 2.24) is 4.98 Å². The lowest BCUT2D eigenvalue weighted by Gasteiger charge is -2.04. The van der Waals surface area contributed by atoms with Crippen LogP contribution in [0.1, 0.15) is 24.2 Å². The lowest BCUT2D eigenvalue weighted by atomic mass is 10.2. The summed E-state index contributed by atoms with van der Waals surface area (Å²) in [7, 11) is 0. The molecular weight excluding hydrogens is 238 g/mol. The molecule has 18 heavy (non-hydrogen) atoms. The average molecular weight is 251 g/mol. The van der Waals surface area contributed by atoms with E-state index < -0.39 is 10.9 Å². The van der Waals surface area contributed by atoms with Crippen molar-refractivity contribution in [2.75, 3.05) is 11.9 Å². The highest BCUT2D eigenvalue weighted by Gasteiger charge is 2.18. The van der Waals surface area contributed by atoms with Gasteiger partial charge in [0.05, 0.1) is 10.5 Å². The fourth-order valence-electron chi connectivity index (χ4n) is 1.20. The number of rotatable bonds is 5. The Morgan fingerprint density at radius 3 is 2.78 bits per heavy atom. The second-order valence-corrected chi connectivity index (χ2v) is 3.82. The number of carboxylic acids is 1. The molecule has 1 aromatic heterocycles. The van der Waals surface area contributed by atoms with Gasteiger partial charge in [0, 0.05) is 18.8 Å². The van der Waals surface area contributed by atoms with Crippen LogP contribution in [0.25, 0.3) is 0 Å². The maximum absolute atomic E-state index is 10.8. The first-order chi connectivity index (χ1) is 8.41. The second-order valence-electron chi connectivity index (χ2n) is 3.82. The van der Waals surface area contributed by atoms with Crippen molar-refractivity contribution < 1.29 is 14.8 Å². The zero-order chi connectivity index (χ0) is 13.7. The molecule has 0 bridgehead atoms. The molecule has 0 saturated heterocycles. The van der Waals surface area contributed by atoms with Crippen molar-refractivity contribution in [3.05, 3.63) is 39.6 Å². The van der Waals surface area contributed by atoms with Crippen molar-refractivity contribution in [3.8, 4) is 0 Å². The van der Waals surface area contributed by atoms with Gasteiger partial charge in [-0.1, -0.05) is 11.6 Å². The molecule has 96 valence electrons. The third kappa shape index (κ3) is 3.55. The number of carbonyl (C=O) groups is 1. The SMILES string of the molecule is CC(C)=CCNc1ncc(C(=O)O)cc1[N+](=O)[O-]. The Kier molecular flexibility index (Phi) is 4.36. The van der Waals surface area contributed by atoms with E-state index in [1.165, 1.54) is 0 Å². The number of allylic oxidation sites excluding steroid dienone is 1. The van der Waals surface area contributed by atoms with E-state index in [-0.39, 0.29) is 17.1 Å². The molecule has 0 radical (unpaired) electrons. The fraction of sp³-hybridized carbons (Fsp3) is 0.273. The largest absolute Gasteiger partial charge is 0.478 e. The van der Waals surface area contributed by atoms with Crippen LogP contribution in [0.5, 0.6) is 0 Å². The van der Waals surface area contributed by atoms with Crippen molar-refractivity contribution in [2.24, 2.45) is 0 Å². The summed E-state index contributed by atoms with van der Waals surface area (Å²) in [6, 6.07) is 0.986. The number of pyridine rings is 1. The van der Waals surface area contributed by atoms with Crippen LogP contribution in [0.4, 0.5) is 11.5 Å². The smallest absolute Gasteiger partial charge is 0.337 e. The molecule has 7 nitrogen and oxygen atoms in total. The summed E-state index contributed by atoms with van der Waals surface area (Å²) in [5.41, 5.74) is 0.499. The Morgan fingerprint density at radius 1 is 1.61 bits per heavy atom. The molecule has 0 unspecified atom stereocenters. The molecule has 7 heteroatoms. The first-order valence-electron chi connectivity index (χ1n) is 5.16.